The lowest BCUT2D eigenvalue weighted by Crippen LogP contribution is -2.26. The SMILES string of the molecule is C[C@@H](NCC1CCCc2ccccc21)c1cccnc1. The second kappa shape index (κ2) is 6.19. The van der Waals surface area contributed by atoms with Crippen LogP contribution in [0.25, 0.3) is 0 Å². The average Bonchev–Trinajstić information content (AvgIpc) is 2.53. The molecule has 1 heterocycles. The first-order chi connectivity index (χ1) is 9.84. The smallest absolute Gasteiger partial charge is 0.0315 e. The molecule has 2 nitrogen and oxygen atoms in total. The van der Waals surface area contributed by atoms with Crippen molar-refractivity contribution in [2.45, 2.75) is 38.1 Å². The van der Waals surface area contributed by atoms with E-state index in [0.717, 1.165) is 6.54 Å². The Morgan fingerprint density at radius 1 is 1.25 bits per heavy atom. The quantitative estimate of drug-likeness (QED) is 0.909. The molecular formula is C18H22N2. The van der Waals surface area contributed by atoms with Gasteiger partial charge in [0.15, 0.2) is 0 Å². The summed E-state index contributed by atoms with van der Waals surface area (Å²) in [5, 5.41) is 3.67. The molecular weight excluding hydrogens is 244 g/mol. The van der Waals surface area contributed by atoms with Gasteiger partial charge in [-0.25, -0.2) is 0 Å². The van der Waals surface area contributed by atoms with Crippen molar-refractivity contribution in [3.05, 3.63) is 65.5 Å². The van der Waals surface area contributed by atoms with Gasteiger partial charge in [-0.1, -0.05) is 30.3 Å². The Balaban J connectivity index is 1.65. The Morgan fingerprint density at radius 3 is 3.00 bits per heavy atom. The molecule has 0 saturated heterocycles. The lowest BCUT2D eigenvalue weighted by atomic mass is 9.82. The maximum absolute atomic E-state index is 4.20. The van der Waals surface area contributed by atoms with E-state index in [-0.39, 0.29) is 0 Å². The second-order valence-corrected chi connectivity index (χ2v) is 5.70. The van der Waals surface area contributed by atoms with Gasteiger partial charge in [-0.3, -0.25) is 4.98 Å². The van der Waals surface area contributed by atoms with Gasteiger partial charge in [0, 0.05) is 25.0 Å². The van der Waals surface area contributed by atoms with Crippen molar-refractivity contribution in [2.75, 3.05) is 6.54 Å². The predicted molar refractivity (Wildman–Crippen MR) is 82.8 cm³/mol. The Morgan fingerprint density at radius 2 is 2.15 bits per heavy atom. The lowest BCUT2D eigenvalue weighted by Gasteiger charge is -2.27. The van der Waals surface area contributed by atoms with Crippen LogP contribution in [0.5, 0.6) is 0 Å². The molecule has 2 heteroatoms. The van der Waals surface area contributed by atoms with Crippen molar-refractivity contribution >= 4 is 0 Å². The summed E-state index contributed by atoms with van der Waals surface area (Å²) in [7, 11) is 0. The van der Waals surface area contributed by atoms with Crippen LogP contribution in [-0.4, -0.2) is 11.5 Å². The van der Waals surface area contributed by atoms with Gasteiger partial charge in [0.25, 0.3) is 0 Å². The minimum Gasteiger partial charge on any atom is -0.310 e. The Hall–Kier alpha value is -1.67. The molecule has 0 fully saturated rings. The molecule has 104 valence electrons. The molecule has 2 atom stereocenters. The third-order valence-corrected chi connectivity index (χ3v) is 4.35. The summed E-state index contributed by atoms with van der Waals surface area (Å²) in [4.78, 5) is 4.20. The van der Waals surface area contributed by atoms with Gasteiger partial charge >= 0.3 is 0 Å². The monoisotopic (exact) mass is 266 g/mol. The van der Waals surface area contributed by atoms with E-state index in [4.69, 9.17) is 0 Å². The van der Waals surface area contributed by atoms with Crippen molar-refractivity contribution in [2.24, 2.45) is 0 Å². The summed E-state index contributed by atoms with van der Waals surface area (Å²) in [5.74, 6) is 0.652. The average molecular weight is 266 g/mol. The van der Waals surface area contributed by atoms with Crippen molar-refractivity contribution in [1.82, 2.24) is 10.3 Å². The van der Waals surface area contributed by atoms with Gasteiger partial charge in [-0.05, 0) is 54.9 Å². The molecule has 1 N–H and O–H groups in total. The summed E-state index contributed by atoms with van der Waals surface area (Å²) in [6, 6.07) is 13.4. The fourth-order valence-electron chi connectivity index (χ4n) is 3.14. The first-order valence-electron chi connectivity index (χ1n) is 7.55. The summed E-state index contributed by atoms with van der Waals surface area (Å²) < 4.78 is 0. The minimum atomic E-state index is 0.359. The molecule has 1 aliphatic carbocycles. The number of nitrogens with zero attached hydrogens (tertiary/aromatic N) is 1. The molecule has 1 aromatic carbocycles. The van der Waals surface area contributed by atoms with Gasteiger partial charge in [0.05, 0.1) is 0 Å². The third kappa shape index (κ3) is 2.91. The number of rotatable bonds is 4. The third-order valence-electron chi connectivity index (χ3n) is 4.35. The highest BCUT2D eigenvalue weighted by Crippen LogP contribution is 2.31. The first-order valence-corrected chi connectivity index (χ1v) is 7.55. The van der Waals surface area contributed by atoms with Gasteiger partial charge in [-0.2, -0.15) is 0 Å². The summed E-state index contributed by atoms with van der Waals surface area (Å²) in [6.07, 6.45) is 7.62. The Kier molecular flexibility index (Phi) is 4.12. The predicted octanol–water partition coefficient (Wildman–Crippen LogP) is 3.85. The van der Waals surface area contributed by atoms with Crippen LogP contribution in [0.1, 0.15) is 48.4 Å². The van der Waals surface area contributed by atoms with Crippen LogP contribution in [0.15, 0.2) is 48.8 Å². The lowest BCUT2D eigenvalue weighted by molar-refractivity contribution is 0.472. The molecule has 0 radical (unpaired) electrons. The van der Waals surface area contributed by atoms with Gasteiger partial charge in [0.2, 0.25) is 0 Å². The standard InChI is InChI=1S/C18H22N2/c1-14(16-9-5-11-19-12-16)20-13-17-8-4-7-15-6-2-3-10-18(15)17/h2-3,5-6,9-12,14,17,20H,4,7-8,13H2,1H3/t14-,17?/m1/s1. The van der Waals surface area contributed by atoms with Crippen molar-refractivity contribution < 1.29 is 0 Å². The maximum Gasteiger partial charge on any atom is 0.0315 e. The highest BCUT2D eigenvalue weighted by molar-refractivity contribution is 5.32. The van der Waals surface area contributed by atoms with Crippen molar-refractivity contribution in [1.29, 1.82) is 0 Å². The van der Waals surface area contributed by atoms with E-state index in [2.05, 4.69) is 47.6 Å². The topological polar surface area (TPSA) is 24.9 Å². The maximum atomic E-state index is 4.20. The minimum absolute atomic E-state index is 0.359. The van der Waals surface area contributed by atoms with E-state index in [1.54, 1.807) is 11.1 Å². The summed E-state index contributed by atoms with van der Waals surface area (Å²) in [6.45, 7) is 3.26. The number of benzene rings is 1. The van der Waals surface area contributed by atoms with Crippen molar-refractivity contribution in [3.63, 3.8) is 0 Å². The number of nitrogens with one attached hydrogen (secondary N) is 1. The van der Waals surface area contributed by atoms with Crippen LogP contribution in [0.4, 0.5) is 0 Å². The van der Waals surface area contributed by atoms with Gasteiger partial charge in [-0.15, -0.1) is 0 Å². The Bertz CT molecular complexity index is 550. The molecule has 1 aliphatic rings. The van der Waals surface area contributed by atoms with Crippen LogP contribution in [0.3, 0.4) is 0 Å². The second-order valence-electron chi connectivity index (χ2n) is 5.70. The summed E-state index contributed by atoms with van der Waals surface area (Å²) >= 11 is 0. The zero-order chi connectivity index (χ0) is 13.8. The van der Waals surface area contributed by atoms with Gasteiger partial charge < -0.3 is 5.32 Å². The number of fused-ring (bicyclic) bond motifs is 1. The number of hydrogen-bond donors (Lipinski definition) is 1. The van der Waals surface area contributed by atoms with Crippen LogP contribution in [-0.2, 0) is 6.42 Å². The number of aromatic nitrogens is 1. The van der Waals surface area contributed by atoms with Gasteiger partial charge in [0.1, 0.15) is 0 Å². The number of pyridine rings is 1. The zero-order valence-corrected chi connectivity index (χ0v) is 12.0. The van der Waals surface area contributed by atoms with E-state index in [0.29, 0.717) is 12.0 Å². The van der Waals surface area contributed by atoms with Crippen molar-refractivity contribution in [3.8, 4) is 0 Å². The van der Waals surface area contributed by atoms with Crippen LogP contribution < -0.4 is 5.32 Å². The zero-order valence-electron chi connectivity index (χ0n) is 12.0. The number of aryl methyl sites for hydroxylation is 1. The fraction of sp³-hybridized carbons (Fsp3) is 0.389. The molecule has 0 aliphatic heterocycles. The van der Waals surface area contributed by atoms with E-state index in [9.17, 15) is 0 Å². The van der Waals surface area contributed by atoms with E-state index < -0.39 is 0 Å². The fourth-order valence-corrected chi connectivity index (χ4v) is 3.14. The highest BCUT2D eigenvalue weighted by Gasteiger charge is 2.20. The molecule has 2 aromatic rings. The molecule has 0 spiro atoms. The molecule has 1 unspecified atom stereocenters. The molecule has 1 aromatic heterocycles. The molecule has 20 heavy (non-hydrogen) atoms. The molecule has 0 amide bonds. The van der Waals surface area contributed by atoms with Crippen LogP contribution >= 0.6 is 0 Å². The highest BCUT2D eigenvalue weighted by atomic mass is 14.9. The molecule has 0 bridgehead atoms. The number of hydrogen-bond acceptors (Lipinski definition) is 2. The van der Waals surface area contributed by atoms with E-state index in [1.165, 1.54) is 24.8 Å². The largest absolute Gasteiger partial charge is 0.310 e. The summed E-state index contributed by atoms with van der Waals surface area (Å²) in [5.41, 5.74) is 4.35. The van der Waals surface area contributed by atoms with Crippen LogP contribution in [0, 0.1) is 0 Å². The van der Waals surface area contributed by atoms with E-state index >= 15 is 0 Å². The first kappa shape index (κ1) is 13.3. The van der Waals surface area contributed by atoms with Crippen LogP contribution in [0.2, 0.25) is 0 Å². The molecule has 0 saturated carbocycles. The van der Waals surface area contributed by atoms with E-state index in [1.807, 2.05) is 18.5 Å². The molecule has 3 rings (SSSR count). The Labute approximate surface area is 121 Å². The normalized spacial score (nSPS) is 19.4.